The molecule has 0 aliphatic carbocycles. The van der Waals surface area contributed by atoms with Gasteiger partial charge in [-0.15, -0.1) is 11.3 Å². The summed E-state index contributed by atoms with van der Waals surface area (Å²) in [6.07, 6.45) is 0. The Morgan fingerprint density at radius 3 is 2.80 bits per heavy atom. The second-order valence-corrected chi connectivity index (χ2v) is 5.05. The number of carbonyl (C=O) groups excluding carboxylic acids is 1. The molecule has 1 aromatic heterocycles. The van der Waals surface area contributed by atoms with Crippen molar-refractivity contribution in [1.82, 2.24) is 0 Å². The average molecular weight is 314 g/mol. The smallest absolute Gasteiger partial charge is 0.267 e. The Hall–Kier alpha value is -2.12. The van der Waals surface area contributed by atoms with Crippen molar-refractivity contribution in [3.05, 3.63) is 50.9 Å². The maximum atomic E-state index is 13.2. The lowest BCUT2D eigenvalue weighted by Gasteiger charge is -2.09. The van der Waals surface area contributed by atoms with Gasteiger partial charge in [0.25, 0.3) is 5.91 Å². The van der Waals surface area contributed by atoms with Gasteiger partial charge in [-0.2, -0.15) is 0 Å². The van der Waals surface area contributed by atoms with Gasteiger partial charge in [-0.05, 0) is 29.6 Å². The van der Waals surface area contributed by atoms with Crippen LogP contribution in [-0.2, 0) is 0 Å². The molecule has 0 saturated heterocycles. The quantitative estimate of drug-likeness (QED) is 0.352. The predicted molar refractivity (Wildman–Crippen MR) is 76.2 cm³/mol. The molecule has 1 heterocycles. The zero-order chi connectivity index (χ0) is 14.7. The van der Waals surface area contributed by atoms with Gasteiger partial charge in [-0.1, -0.05) is 16.8 Å². The molecule has 4 N–H and O–H groups in total. The number of nitrogens with zero attached hydrogens (tertiary/aromatic N) is 1. The SMILES string of the molecule is N/C(=N/O)c1cc(F)ccc1NC(=O)c1sccc1Cl. The summed E-state index contributed by atoms with van der Waals surface area (Å²) >= 11 is 7.03. The number of benzene rings is 1. The molecule has 0 atom stereocenters. The number of nitrogens with two attached hydrogens (primary N) is 1. The third-order valence-electron chi connectivity index (χ3n) is 2.44. The first-order chi connectivity index (χ1) is 9.52. The lowest BCUT2D eigenvalue weighted by molar-refractivity contribution is 0.103. The standard InChI is InChI=1S/C12H9ClFN3O2S/c13-8-3-4-20-10(8)12(18)16-9-2-1-6(14)5-7(9)11(15)17-19/h1-5,19H,(H2,15,17)(H,16,18). The summed E-state index contributed by atoms with van der Waals surface area (Å²) < 4.78 is 13.2. The fraction of sp³-hybridized carbons (Fsp3) is 0. The number of thiophene rings is 1. The first-order valence-electron chi connectivity index (χ1n) is 5.34. The topological polar surface area (TPSA) is 87.7 Å². The van der Waals surface area contributed by atoms with Crippen molar-refractivity contribution in [3.63, 3.8) is 0 Å². The Labute approximate surface area is 122 Å². The summed E-state index contributed by atoms with van der Waals surface area (Å²) in [4.78, 5) is 12.3. The van der Waals surface area contributed by atoms with Crippen LogP contribution in [0, 0.1) is 5.82 Å². The minimum absolute atomic E-state index is 0.0773. The fourth-order valence-electron chi connectivity index (χ4n) is 1.53. The molecule has 1 amide bonds. The number of halogens is 2. The minimum Gasteiger partial charge on any atom is -0.409 e. The Balaban J connectivity index is 2.35. The van der Waals surface area contributed by atoms with Crippen LogP contribution in [0.3, 0.4) is 0 Å². The molecular formula is C12H9ClFN3O2S. The number of carbonyl (C=O) groups is 1. The number of amides is 1. The molecule has 0 unspecified atom stereocenters. The molecule has 20 heavy (non-hydrogen) atoms. The van der Waals surface area contributed by atoms with E-state index in [1.165, 1.54) is 17.4 Å². The van der Waals surface area contributed by atoms with E-state index in [4.69, 9.17) is 22.5 Å². The molecule has 1 aromatic carbocycles. The van der Waals surface area contributed by atoms with Crippen LogP contribution in [-0.4, -0.2) is 17.0 Å². The zero-order valence-electron chi connectivity index (χ0n) is 9.93. The summed E-state index contributed by atoms with van der Waals surface area (Å²) in [7, 11) is 0. The number of hydrogen-bond acceptors (Lipinski definition) is 4. The van der Waals surface area contributed by atoms with Crippen molar-refractivity contribution in [3.8, 4) is 0 Å². The summed E-state index contributed by atoms with van der Waals surface area (Å²) in [5.41, 5.74) is 5.74. The molecule has 104 valence electrons. The van der Waals surface area contributed by atoms with Crippen molar-refractivity contribution in [1.29, 1.82) is 0 Å². The average Bonchev–Trinajstić information content (AvgIpc) is 2.86. The lowest BCUT2D eigenvalue weighted by Crippen LogP contribution is -2.19. The molecule has 0 aliphatic rings. The van der Waals surface area contributed by atoms with Gasteiger partial charge >= 0.3 is 0 Å². The van der Waals surface area contributed by atoms with Gasteiger partial charge in [0.1, 0.15) is 10.7 Å². The number of anilines is 1. The van der Waals surface area contributed by atoms with E-state index in [2.05, 4.69) is 10.5 Å². The van der Waals surface area contributed by atoms with Gasteiger partial charge < -0.3 is 16.3 Å². The van der Waals surface area contributed by atoms with Crippen LogP contribution < -0.4 is 11.1 Å². The van der Waals surface area contributed by atoms with Gasteiger partial charge in [0.2, 0.25) is 0 Å². The van der Waals surface area contributed by atoms with Gasteiger partial charge in [-0.3, -0.25) is 4.79 Å². The highest BCUT2D eigenvalue weighted by molar-refractivity contribution is 7.12. The van der Waals surface area contributed by atoms with E-state index in [-0.39, 0.29) is 17.1 Å². The van der Waals surface area contributed by atoms with Crippen molar-refractivity contribution < 1.29 is 14.4 Å². The summed E-state index contributed by atoms with van der Waals surface area (Å²) in [6, 6.07) is 5.12. The van der Waals surface area contributed by atoms with E-state index in [0.717, 1.165) is 12.1 Å². The van der Waals surface area contributed by atoms with E-state index in [9.17, 15) is 9.18 Å². The molecule has 0 aliphatic heterocycles. The van der Waals surface area contributed by atoms with E-state index in [1.54, 1.807) is 11.4 Å². The fourth-order valence-corrected chi connectivity index (χ4v) is 2.56. The molecule has 0 radical (unpaired) electrons. The van der Waals surface area contributed by atoms with Crippen molar-refractivity contribution in [2.24, 2.45) is 10.9 Å². The minimum atomic E-state index is -0.571. The van der Waals surface area contributed by atoms with Crippen LogP contribution in [0.1, 0.15) is 15.2 Å². The number of hydrogen-bond donors (Lipinski definition) is 3. The molecule has 0 saturated carbocycles. The van der Waals surface area contributed by atoms with Crippen LogP contribution >= 0.6 is 22.9 Å². The van der Waals surface area contributed by atoms with Gasteiger partial charge in [-0.25, -0.2) is 4.39 Å². The monoisotopic (exact) mass is 313 g/mol. The Bertz CT molecular complexity index is 687. The molecule has 2 aromatic rings. The van der Waals surface area contributed by atoms with E-state index in [0.29, 0.717) is 9.90 Å². The van der Waals surface area contributed by atoms with Crippen LogP contribution in [0.15, 0.2) is 34.8 Å². The van der Waals surface area contributed by atoms with Crippen molar-refractivity contribution in [2.75, 3.05) is 5.32 Å². The zero-order valence-corrected chi connectivity index (χ0v) is 11.5. The molecule has 2 rings (SSSR count). The molecular weight excluding hydrogens is 305 g/mol. The first-order valence-corrected chi connectivity index (χ1v) is 6.60. The number of amidine groups is 1. The van der Waals surface area contributed by atoms with Gasteiger partial charge in [0.15, 0.2) is 5.84 Å². The molecule has 5 nitrogen and oxygen atoms in total. The summed E-state index contributed by atoms with van der Waals surface area (Å²) in [5, 5.41) is 16.0. The number of rotatable bonds is 3. The van der Waals surface area contributed by atoms with Gasteiger partial charge in [0, 0.05) is 5.56 Å². The third-order valence-corrected chi connectivity index (χ3v) is 3.78. The Morgan fingerprint density at radius 1 is 1.45 bits per heavy atom. The summed E-state index contributed by atoms with van der Waals surface area (Å²) in [5.74, 6) is -1.33. The van der Waals surface area contributed by atoms with E-state index >= 15 is 0 Å². The highest BCUT2D eigenvalue weighted by Crippen LogP contribution is 2.24. The molecule has 0 bridgehead atoms. The predicted octanol–water partition coefficient (Wildman–Crippen LogP) is 2.89. The Morgan fingerprint density at radius 2 is 2.20 bits per heavy atom. The van der Waals surface area contributed by atoms with E-state index in [1.807, 2.05) is 0 Å². The largest absolute Gasteiger partial charge is 0.409 e. The lowest BCUT2D eigenvalue weighted by atomic mass is 10.1. The normalized spacial score (nSPS) is 11.4. The number of oxime groups is 1. The van der Waals surface area contributed by atoms with Crippen molar-refractivity contribution in [2.45, 2.75) is 0 Å². The molecule has 0 spiro atoms. The van der Waals surface area contributed by atoms with Crippen LogP contribution in [0.25, 0.3) is 0 Å². The second kappa shape index (κ2) is 5.89. The van der Waals surface area contributed by atoms with Crippen LogP contribution in [0.2, 0.25) is 5.02 Å². The van der Waals surface area contributed by atoms with Crippen LogP contribution in [0.4, 0.5) is 10.1 Å². The van der Waals surface area contributed by atoms with Gasteiger partial charge in [0.05, 0.1) is 10.7 Å². The molecule has 8 heteroatoms. The van der Waals surface area contributed by atoms with E-state index < -0.39 is 11.7 Å². The highest BCUT2D eigenvalue weighted by Gasteiger charge is 2.15. The second-order valence-electron chi connectivity index (χ2n) is 3.73. The summed E-state index contributed by atoms with van der Waals surface area (Å²) in [6.45, 7) is 0. The maximum absolute atomic E-state index is 13.2. The first kappa shape index (κ1) is 14.3. The highest BCUT2D eigenvalue weighted by atomic mass is 35.5. The number of nitrogens with one attached hydrogen (secondary N) is 1. The van der Waals surface area contributed by atoms with Crippen LogP contribution in [0.5, 0.6) is 0 Å². The Kier molecular flexibility index (Phi) is 4.21. The van der Waals surface area contributed by atoms with Crippen molar-refractivity contribution >= 4 is 40.4 Å². The maximum Gasteiger partial charge on any atom is 0.267 e. The molecule has 0 fully saturated rings. The third kappa shape index (κ3) is 2.89.